The highest BCUT2D eigenvalue weighted by Gasteiger charge is 2.18. The Balaban J connectivity index is 2.66. The molecule has 5 nitrogen and oxygen atoms in total. The first-order valence-electron chi connectivity index (χ1n) is 7.31. The van der Waals surface area contributed by atoms with Crippen LogP contribution in [0.3, 0.4) is 0 Å². The van der Waals surface area contributed by atoms with Gasteiger partial charge in [-0.2, -0.15) is 0 Å². The molecule has 0 aromatic heterocycles. The van der Waals surface area contributed by atoms with Crippen molar-refractivity contribution in [3.05, 3.63) is 29.8 Å². The fourth-order valence-corrected chi connectivity index (χ4v) is 2.06. The lowest BCUT2D eigenvalue weighted by atomic mass is 9.99. The summed E-state index contributed by atoms with van der Waals surface area (Å²) < 4.78 is 5.07. The normalized spacial score (nSPS) is 11.5. The van der Waals surface area contributed by atoms with E-state index >= 15 is 0 Å². The number of hydrogen-bond acceptors (Lipinski definition) is 4. The third-order valence-electron chi connectivity index (χ3n) is 3.23. The number of carbonyl (C=O) groups is 1. The second-order valence-electron chi connectivity index (χ2n) is 4.89. The number of rotatable bonds is 8. The lowest BCUT2D eigenvalue weighted by molar-refractivity contribution is -0.149. The zero-order chi connectivity index (χ0) is 15.7. The van der Waals surface area contributed by atoms with Crippen LogP contribution in [0.4, 0.5) is 0 Å². The molecule has 0 spiro atoms. The molecule has 21 heavy (non-hydrogen) atoms. The molecule has 2 N–H and O–H groups in total. The maximum atomic E-state index is 12.0. The van der Waals surface area contributed by atoms with Crippen LogP contribution in [0.15, 0.2) is 29.4 Å². The molecule has 5 heteroatoms. The lowest BCUT2D eigenvalue weighted by Crippen LogP contribution is -2.19. The zero-order valence-electron chi connectivity index (χ0n) is 13.0. The van der Waals surface area contributed by atoms with Crippen LogP contribution in [-0.4, -0.2) is 18.9 Å². The first kappa shape index (κ1) is 17.0. The van der Waals surface area contributed by atoms with Gasteiger partial charge >= 0.3 is 5.97 Å². The maximum absolute atomic E-state index is 12.0. The Morgan fingerprint density at radius 3 is 2.24 bits per heavy atom. The topological polar surface area (TPSA) is 73.9 Å². The van der Waals surface area contributed by atoms with Gasteiger partial charge in [-0.25, -0.2) is 4.79 Å². The fourth-order valence-electron chi connectivity index (χ4n) is 2.06. The van der Waals surface area contributed by atoms with Gasteiger partial charge in [-0.1, -0.05) is 31.8 Å². The Morgan fingerprint density at radius 2 is 1.76 bits per heavy atom. The van der Waals surface area contributed by atoms with E-state index in [1.54, 1.807) is 31.4 Å². The molecular weight excluding hydrogens is 268 g/mol. The van der Waals surface area contributed by atoms with E-state index in [1.165, 1.54) is 0 Å². The monoisotopic (exact) mass is 292 g/mol. The zero-order valence-corrected chi connectivity index (χ0v) is 13.0. The summed E-state index contributed by atoms with van der Waals surface area (Å²) in [6.45, 7) is 4.09. The largest absolute Gasteiger partial charge is 0.497 e. The SMILES string of the molecule is CCCC(CCC)C(=O)ON=C(N)c1ccc(OC)cc1. The molecule has 0 unspecified atom stereocenters. The third-order valence-corrected chi connectivity index (χ3v) is 3.23. The molecule has 0 atom stereocenters. The molecule has 1 aromatic carbocycles. The summed E-state index contributed by atoms with van der Waals surface area (Å²) in [6.07, 6.45) is 3.50. The number of nitrogens with zero attached hydrogens (tertiary/aromatic N) is 1. The van der Waals surface area contributed by atoms with Gasteiger partial charge in [0, 0.05) is 5.56 Å². The number of hydrogen-bond donors (Lipinski definition) is 1. The molecule has 116 valence electrons. The third kappa shape index (κ3) is 5.45. The van der Waals surface area contributed by atoms with E-state index in [0.717, 1.165) is 31.4 Å². The van der Waals surface area contributed by atoms with E-state index in [0.29, 0.717) is 5.56 Å². The summed E-state index contributed by atoms with van der Waals surface area (Å²) in [5, 5.41) is 3.74. The van der Waals surface area contributed by atoms with Gasteiger partial charge in [0.15, 0.2) is 5.84 Å². The van der Waals surface area contributed by atoms with Gasteiger partial charge in [0.2, 0.25) is 0 Å². The quantitative estimate of drug-likeness (QED) is 0.346. The highest BCUT2D eigenvalue weighted by atomic mass is 16.7. The number of carbonyl (C=O) groups excluding carboxylic acids is 1. The summed E-state index contributed by atoms with van der Waals surface area (Å²) in [6, 6.07) is 7.08. The molecule has 1 rings (SSSR count). The van der Waals surface area contributed by atoms with Gasteiger partial charge < -0.3 is 15.3 Å². The standard InChI is InChI=1S/C16H24N2O3/c1-4-6-13(7-5-2)16(19)21-18-15(17)12-8-10-14(20-3)11-9-12/h8-11,13H,4-7H2,1-3H3,(H2,17,18). The fraction of sp³-hybridized carbons (Fsp3) is 0.500. The second kappa shape index (κ2) is 9.00. The Kier molecular flexibility index (Phi) is 7.29. The van der Waals surface area contributed by atoms with Crippen LogP contribution >= 0.6 is 0 Å². The van der Waals surface area contributed by atoms with Gasteiger partial charge in [0.1, 0.15) is 5.75 Å². The predicted molar refractivity (Wildman–Crippen MR) is 83.1 cm³/mol. The highest BCUT2D eigenvalue weighted by Crippen LogP contribution is 2.16. The average Bonchev–Trinajstić information content (AvgIpc) is 2.52. The van der Waals surface area contributed by atoms with Crippen molar-refractivity contribution in [3.8, 4) is 5.75 Å². The molecule has 0 fully saturated rings. The molecule has 0 saturated heterocycles. The Morgan fingerprint density at radius 1 is 1.19 bits per heavy atom. The van der Waals surface area contributed by atoms with E-state index in [2.05, 4.69) is 5.16 Å². The number of ether oxygens (including phenoxy) is 1. The van der Waals surface area contributed by atoms with Crippen molar-refractivity contribution in [2.45, 2.75) is 39.5 Å². The maximum Gasteiger partial charge on any atom is 0.338 e. The Labute approximate surface area is 126 Å². The summed E-state index contributed by atoms with van der Waals surface area (Å²) in [5.41, 5.74) is 6.50. The Bertz CT molecular complexity index is 463. The van der Waals surface area contributed by atoms with Crippen LogP contribution in [-0.2, 0) is 9.63 Å². The second-order valence-corrected chi connectivity index (χ2v) is 4.89. The first-order chi connectivity index (χ1) is 10.1. The van der Waals surface area contributed by atoms with Gasteiger partial charge in [-0.15, -0.1) is 0 Å². The molecule has 0 aliphatic rings. The van der Waals surface area contributed by atoms with Crippen LogP contribution in [0.2, 0.25) is 0 Å². The number of oxime groups is 1. The van der Waals surface area contributed by atoms with Crippen LogP contribution in [0, 0.1) is 5.92 Å². The minimum absolute atomic E-state index is 0.104. The van der Waals surface area contributed by atoms with Crippen molar-refractivity contribution in [2.75, 3.05) is 7.11 Å². The van der Waals surface area contributed by atoms with Crippen LogP contribution < -0.4 is 10.5 Å². The van der Waals surface area contributed by atoms with Crippen molar-refractivity contribution >= 4 is 11.8 Å². The molecule has 0 bridgehead atoms. The lowest BCUT2D eigenvalue weighted by Gasteiger charge is -2.11. The highest BCUT2D eigenvalue weighted by molar-refractivity contribution is 5.97. The van der Waals surface area contributed by atoms with Crippen molar-refractivity contribution in [2.24, 2.45) is 16.8 Å². The summed E-state index contributed by atoms with van der Waals surface area (Å²) in [7, 11) is 1.59. The molecule has 0 aliphatic heterocycles. The van der Waals surface area contributed by atoms with Gasteiger partial charge in [-0.05, 0) is 37.1 Å². The molecule has 0 saturated carbocycles. The first-order valence-corrected chi connectivity index (χ1v) is 7.31. The van der Waals surface area contributed by atoms with E-state index < -0.39 is 0 Å². The van der Waals surface area contributed by atoms with E-state index in [4.69, 9.17) is 15.3 Å². The number of methoxy groups -OCH3 is 1. The molecule has 0 radical (unpaired) electrons. The van der Waals surface area contributed by atoms with Gasteiger partial charge in [0.25, 0.3) is 0 Å². The van der Waals surface area contributed by atoms with Crippen molar-refractivity contribution in [1.29, 1.82) is 0 Å². The summed E-state index contributed by atoms with van der Waals surface area (Å²) in [4.78, 5) is 16.9. The minimum atomic E-state index is -0.310. The summed E-state index contributed by atoms with van der Waals surface area (Å²) in [5.74, 6) is 0.495. The minimum Gasteiger partial charge on any atom is -0.497 e. The number of nitrogens with two attached hydrogens (primary N) is 1. The van der Waals surface area contributed by atoms with Gasteiger partial charge in [-0.3, -0.25) is 0 Å². The molecular formula is C16H24N2O3. The molecule has 1 aromatic rings. The Hall–Kier alpha value is -2.04. The molecule has 0 heterocycles. The van der Waals surface area contributed by atoms with Crippen molar-refractivity contribution < 1.29 is 14.4 Å². The van der Waals surface area contributed by atoms with E-state index in [1.807, 2.05) is 13.8 Å². The molecule has 0 amide bonds. The summed E-state index contributed by atoms with van der Waals surface area (Å²) >= 11 is 0. The van der Waals surface area contributed by atoms with Crippen molar-refractivity contribution in [1.82, 2.24) is 0 Å². The average molecular weight is 292 g/mol. The molecule has 0 aliphatic carbocycles. The van der Waals surface area contributed by atoms with E-state index in [9.17, 15) is 4.79 Å². The smallest absolute Gasteiger partial charge is 0.338 e. The van der Waals surface area contributed by atoms with Crippen LogP contribution in [0.1, 0.15) is 45.1 Å². The van der Waals surface area contributed by atoms with E-state index in [-0.39, 0.29) is 17.7 Å². The van der Waals surface area contributed by atoms with Gasteiger partial charge in [0.05, 0.1) is 13.0 Å². The predicted octanol–water partition coefficient (Wildman–Crippen LogP) is 3.08. The van der Waals surface area contributed by atoms with Crippen molar-refractivity contribution in [3.63, 3.8) is 0 Å². The number of benzene rings is 1. The van der Waals surface area contributed by atoms with Crippen LogP contribution in [0.5, 0.6) is 5.75 Å². The van der Waals surface area contributed by atoms with Crippen LogP contribution in [0.25, 0.3) is 0 Å². The number of amidine groups is 1.